The number of nitrogens with zero attached hydrogens (tertiary/aromatic N) is 4. The Balaban J connectivity index is 1.59. The Bertz CT molecular complexity index is 1220. The van der Waals surface area contributed by atoms with Crippen molar-refractivity contribution in [3.63, 3.8) is 0 Å². The Kier molecular flexibility index (Phi) is 4.63. The Hall–Kier alpha value is -2.71. The molecule has 0 saturated carbocycles. The van der Waals surface area contributed by atoms with Crippen molar-refractivity contribution in [3.05, 3.63) is 53.6 Å². The van der Waals surface area contributed by atoms with Crippen molar-refractivity contribution in [1.29, 1.82) is 0 Å². The van der Waals surface area contributed by atoms with Crippen molar-refractivity contribution in [3.8, 4) is 0 Å². The van der Waals surface area contributed by atoms with Crippen molar-refractivity contribution in [1.82, 2.24) is 9.97 Å². The molecule has 156 valence electrons. The zero-order valence-electron chi connectivity index (χ0n) is 17.0. The van der Waals surface area contributed by atoms with Gasteiger partial charge in [0.2, 0.25) is 5.95 Å². The average molecular weight is 424 g/mol. The first kappa shape index (κ1) is 19.3. The Morgan fingerprint density at radius 2 is 1.90 bits per heavy atom. The lowest BCUT2D eigenvalue weighted by molar-refractivity contribution is 0.418. The van der Waals surface area contributed by atoms with Crippen LogP contribution < -0.4 is 15.5 Å². The van der Waals surface area contributed by atoms with Crippen LogP contribution in [0.25, 0.3) is 10.9 Å². The molecule has 0 aliphatic carbocycles. The average Bonchev–Trinajstić information content (AvgIpc) is 2.83. The summed E-state index contributed by atoms with van der Waals surface area (Å²) in [5, 5.41) is 1.03. The van der Waals surface area contributed by atoms with Gasteiger partial charge in [0.1, 0.15) is 5.82 Å². The van der Waals surface area contributed by atoms with E-state index >= 15 is 0 Å². The smallest absolute Gasteiger partial charge is 0.228 e. The first-order valence-corrected chi connectivity index (χ1v) is 11.9. The molecule has 3 heterocycles. The number of aryl methyl sites for hydroxylation is 1. The molecule has 0 spiro atoms. The molecule has 2 aliphatic rings. The Morgan fingerprint density at radius 3 is 2.70 bits per heavy atom. The first-order valence-electron chi connectivity index (χ1n) is 10.2. The zero-order valence-corrected chi connectivity index (χ0v) is 17.8. The molecule has 2 N–H and O–H groups in total. The lowest BCUT2D eigenvalue weighted by Crippen LogP contribution is -2.50. The highest BCUT2D eigenvalue weighted by molar-refractivity contribution is 7.91. The van der Waals surface area contributed by atoms with Crippen LogP contribution in [-0.4, -0.2) is 50.3 Å². The quantitative estimate of drug-likeness (QED) is 0.690. The number of benzene rings is 2. The van der Waals surface area contributed by atoms with E-state index in [0.717, 1.165) is 40.9 Å². The number of aromatic nitrogens is 2. The number of fused-ring (bicyclic) bond motifs is 2. The highest BCUT2D eigenvalue weighted by Crippen LogP contribution is 2.33. The van der Waals surface area contributed by atoms with Crippen molar-refractivity contribution in [2.45, 2.75) is 18.4 Å². The summed E-state index contributed by atoms with van der Waals surface area (Å²) in [6, 6.07) is 13.4. The molecule has 0 atom stereocenters. The molecule has 30 heavy (non-hydrogen) atoms. The molecule has 0 unspecified atom stereocenters. The van der Waals surface area contributed by atoms with Gasteiger partial charge in [-0.25, -0.2) is 13.4 Å². The van der Waals surface area contributed by atoms with Crippen LogP contribution in [0.1, 0.15) is 11.1 Å². The van der Waals surface area contributed by atoms with Crippen LogP contribution in [0.2, 0.25) is 0 Å². The molecule has 2 aromatic carbocycles. The summed E-state index contributed by atoms with van der Waals surface area (Å²) in [6.07, 6.45) is 0. The second-order valence-corrected chi connectivity index (χ2v) is 10.3. The molecule has 2 aliphatic heterocycles. The largest absolute Gasteiger partial charge is 0.355 e. The van der Waals surface area contributed by atoms with E-state index in [1.807, 2.05) is 29.2 Å². The van der Waals surface area contributed by atoms with E-state index in [-0.39, 0.29) is 5.75 Å². The highest BCUT2D eigenvalue weighted by atomic mass is 32.2. The number of hydrogen-bond donors (Lipinski definition) is 1. The monoisotopic (exact) mass is 423 g/mol. The van der Waals surface area contributed by atoms with Crippen LogP contribution in [0.15, 0.2) is 47.4 Å². The van der Waals surface area contributed by atoms with Crippen LogP contribution in [0.3, 0.4) is 0 Å². The Morgan fingerprint density at radius 1 is 1.10 bits per heavy atom. The second kappa shape index (κ2) is 7.21. The van der Waals surface area contributed by atoms with Crippen LogP contribution in [-0.2, 0) is 16.4 Å². The lowest BCUT2D eigenvalue weighted by Gasteiger charge is -2.40. The van der Waals surface area contributed by atoms with Gasteiger partial charge in [0.05, 0.1) is 16.2 Å². The number of rotatable bonds is 3. The van der Waals surface area contributed by atoms with Crippen molar-refractivity contribution < 1.29 is 8.42 Å². The summed E-state index contributed by atoms with van der Waals surface area (Å²) >= 11 is 0. The molecule has 1 aromatic heterocycles. The first-order chi connectivity index (χ1) is 14.4. The molecular weight excluding hydrogens is 398 g/mol. The van der Waals surface area contributed by atoms with Gasteiger partial charge in [-0.3, -0.25) is 0 Å². The third-order valence-electron chi connectivity index (χ3n) is 5.99. The van der Waals surface area contributed by atoms with Crippen molar-refractivity contribution in [2.24, 2.45) is 11.7 Å². The van der Waals surface area contributed by atoms with Gasteiger partial charge in [-0.15, -0.1) is 0 Å². The maximum absolute atomic E-state index is 12.7. The van der Waals surface area contributed by atoms with Gasteiger partial charge < -0.3 is 15.5 Å². The van der Waals surface area contributed by atoms with E-state index in [1.54, 1.807) is 12.1 Å². The van der Waals surface area contributed by atoms with Crippen molar-refractivity contribution >= 4 is 32.5 Å². The van der Waals surface area contributed by atoms with E-state index in [4.69, 9.17) is 15.7 Å². The van der Waals surface area contributed by atoms with Crippen molar-refractivity contribution in [2.75, 3.05) is 41.7 Å². The zero-order chi connectivity index (χ0) is 20.9. The van der Waals surface area contributed by atoms with E-state index in [0.29, 0.717) is 36.4 Å². The van der Waals surface area contributed by atoms with Gasteiger partial charge in [-0.1, -0.05) is 29.8 Å². The van der Waals surface area contributed by atoms with Gasteiger partial charge in [0, 0.05) is 37.5 Å². The van der Waals surface area contributed by atoms with Crippen LogP contribution >= 0.6 is 0 Å². The van der Waals surface area contributed by atoms with E-state index in [2.05, 4.69) is 17.9 Å². The molecular formula is C22H25N5O2S. The molecule has 0 radical (unpaired) electrons. The molecule has 5 rings (SSSR count). The minimum absolute atomic E-state index is 0.0492. The summed E-state index contributed by atoms with van der Waals surface area (Å²) in [7, 11) is -3.32. The third-order valence-corrected chi connectivity index (χ3v) is 7.78. The predicted molar refractivity (Wildman–Crippen MR) is 119 cm³/mol. The van der Waals surface area contributed by atoms with Gasteiger partial charge in [0.25, 0.3) is 0 Å². The predicted octanol–water partition coefficient (Wildman–Crippen LogP) is 2.13. The minimum atomic E-state index is -3.32. The van der Waals surface area contributed by atoms with Gasteiger partial charge >= 0.3 is 0 Å². The second-order valence-electron chi connectivity index (χ2n) is 8.22. The minimum Gasteiger partial charge on any atom is -0.355 e. The Labute approximate surface area is 176 Å². The molecule has 0 amide bonds. The highest BCUT2D eigenvalue weighted by Gasteiger charge is 2.30. The van der Waals surface area contributed by atoms with Gasteiger partial charge in [0.15, 0.2) is 9.84 Å². The van der Waals surface area contributed by atoms with Gasteiger partial charge in [-0.2, -0.15) is 4.98 Å². The lowest BCUT2D eigenvalue weighted by atomic mass is 10.00. The fourth-order valence-corrected chi connectivity index (χ4v) is 5.72. The summed E-state index contributed by atoms with van der Waals surface area (Å²) in [4.78, 5) is 14.4. The molecule has 3 aromatic rings. The maximum atomic E-state index is 12.7. The van der Waals surface area contributed by atoms with Crippen LogP contribution in [0.5, 0.6) is 0 Å². The summed E-state index contributed by atoms with van der Waals surface area (Å²) in [5.41, 5.74) is 8.64. The molecule has 8 heteroatoms. The fraction of sp³-hybridized carbons (Fsp3) is 0.364. The topological polar surface area (TPSA) is 92.4 Å². The molecule has 1 saturated heterocycles. The molecule has 1 fully saturated rings. The number of nitrogens with two attached hydrogens (primary N) is 1. The van der Waals surface area contributed by atoms with E-state index in [1.165, 1.54) is 0 Å². The summed E-state index contributed by atoms with van der Waals surface area (Å²) in [5.74, 6) is 2.01. The van der Waals surface area contributed by atoms with E-state index < -0.39 is 9.84 Å². The van der Waals surface area contributed by atoms with E-state index in [9.17, 15) is 8.42 Å². The normalized spacial score (nSPS) is 18.7. The number of anilines is 2. The van der Waals surface area contributed by atoms with Gasteiger partial charge in [-0.05, 0) is 37.2 Å². The standard InChI is InChI=1S/C22H25N5O2S/c1-15-6-7-19-18(10-15)21(27-12-16(11-23)13-27)25-22(24-19)26-8-9-30(28,29)20-5-3-2-4-17(20)14-26/h2-7,10,16H,8-9,11-14,23H2,1H3. The third kappa shape index (κ3) is 3.30. The molecule has 0 bridgehead atoms. The number of hydrogen-bond acceptors (Lipinski definition) is 7. The van der Waals surface area contributed by atoms with Crippen LogP contribution in [0.4, 0.5) is 11.8 Å². The van der Waals surface area contributed by atoms with Crippen LogP contribution in [0, 0.1) is 12.8 Å². The molecule has 7 nitrogen and oxygen atoms in total. The maximum Gasteiger partial charge on any atom is 0.228 e. The SMILES string of the molecule is Cc1ccc2nc(N3CCS(=O)(=O)c4ccccc4C3)nc(N3CC(CN)C3)c2c1. The fourth-order valence-electron chi connectivity index (χ4n) is 4.22. The summed E-state index contributed by atoms with van der Waals surface area (Å²) < 4.78 is 25.5. The number of sulfone groups is 1. The summed E-state index contributed by atoms with van der Waals surface area (Å²) in [6.45, 7) is 5.33.